The molecule has 0 aliphatic carbocycles. The van der Waals surface area contributed by atoms with Crippen molar-refractivity contribution in [2.24, 2.45) is 0 Å². The number of sulfone groups is 1. The zero-order valence-electron chi connectivity index (χ0n) is 14.1. The van der Waals surface area contributed by atoms with Crippen molar-refractivity contribution >= 4 is 21.4 Å². The van der Waals surface area contributed by atoms with E-state index < -0.39 is 15.6 Å². The van der Waals surface area contributed by atoms with E-state index in [1.807, 2.05) is 44.2 Å². The van der Waals surface area contributed by atoms with E-state index in [0.717, 1.165) is 17.7 Å². The van der Waals surface area contributed by atoms with E-state index in [2.05, 4.69) is 0 Å². The summed E-state index contributed by atoms with van der Waals surface area (Å²) in [6, 6.07) is 16.5. The van der Waals surface area contributed by atoms with E-state index in [0.29, 0.717) is 12.1 Å². The predicted octanol–water partition coefficient (Wildman–Crippen LogP) is 3.35. The van der Waals surface area contributed by atoms with Gasteiger partial charge in [-0.15, -0.1) is 0 Å². The molecule has 128 valence electrons. The van der Waals surface area contributed by atoms with E-state index in [-0.39, 0.29) is 11.7 Å². The van der Waals surface area contributed by atoms with Crippen LogP contribution in [0.15, 0.2) is 54.6 Å². The lowest BCUT2D eigenvalue weighted by atomic mass is 10.2. The lowest BCUT2D eigenvalue weighted by Gasteiger charge is -2.22. The molecule has 0 radical (unpaired) electrons. The van der Waals surface area contributed by atoms with Crippen LogP contribution in [0.1, 0.15) is 24.5 Å². The molecule has 0 aliphatic heterocycles. The fourth-order valence-electron chi connectivity index (χ4n) is 2.56. The predicted molar refractivity (Wildman–Crippen MR) is 97.8 cm³/mol. The summed E-state index contributed by atoms with van der Waals surface area (Å²) in [7, 11) is -3.51. The molecule has 0 saturated heterocycles. The Morgan fingerprint density at radius 3 is 2.38 bits per heavy atom. The summed E-state index contributed by atoms with van der Waals surface area (Å²) in [5, 5.41) is 0. The summed E-state index contributed by atoms with van der Waals surface area (Å²) in [6.45, 7) is 4.42. The Labute approximate surface area is 144 Å². The van der Waals surface area contributed by atoms with Gasteiger partial charge in [0.2, 0.25) is 5.91 Å². The molecule has 0 atom stereocenters. The Hall–Kier alpha value is -2.14. The summed E-state index contributed by atoms with van der Waals surface area (Å²) in [5.74, 6) is -0.971. The molecule has 24 heavy (non-hydrogen) atoms. The molecule has 0 N–H and O–H groups in total. The zero-order valence-corrected chi connectivity index (χ0v) is 14.9. The Morgan fingerprint density at radius 1 is 1.04 bits per heavy atom. The largest absolute Gasteiger partial charge is 0.312 e. The smallest absolute Gasteiger partial charge is 0.242 e. The highest BCUT2D eigenvalue weighted by atomic mass is 32.2. The number of anilines is 1. The lowest BCUT2D eigenvalue weighted by Crippen LogP contribution is -2.36. The van der Waals surface area contributed by atoms with Crippen LogP contribution in [-0.2, 0) is 20.4 Å². The molecular formula is C19H23NO3S. The van der Waals surface area contributed by atoms with Gasteiger partial charge in [-0.05, 0) is 36.6 Å². The van der Waals surface area contributed by atoms with Gasteiger partial charge in [-0.25, -0.2) is 8.42 Å². The quantitative estimate of drug-likeness (QED) is 0.773. The SMILES string of the molecule is CCCN(C(=O)CS(=O)(=O)Cc1ccccc1)c1cccc(C)c1. The van der Waals surface area contributed by atoms with E-state index in [1.165, 1.54) is 0 Å². The van der Waals surface area contributed by atoms with Crippen LogP contribution in [0.3, 0.4) is 0 Å². The third kappa shape index (κ3) is 5.20. The minimum absolute atomic E-state index is 0.118. The van der Waals surface area contributed by atoms with Crippen LogP contribution in [0.25, 0.3) is 0 Å². The van der Waals surface area contributed by atoms with E-state index >= 15 is 0 Å². The summed E-state index contributed by atoms with van der Waals surface area (Å²) >= 11 is 0. The highest BCUT2D eigenvalue weighted by molar-refractivity contribution is 7.91. The second-order valence-electron chi connectivity index (χ2n) is 5.90. The molecule has 0 heterocycles. The van der Waals surface area contributed by atoms with Crippen molar-refractivity contribution < 1.29 is 13.2 Å². The van der Waals surface area contributed by atoms with Crippen LogP contribution in [-0.4, -0.2) is 26.6 Å². The molecule has 0 aliphatic rings. The second-order valence-corrected chi connectivity index (χ2v) is 7.97. The number of hydrogen-bond acceptors (Lipinski definition) is 3. The fraction of sp³-hybridized carbons (Fsp3) is 0.316. The van der Waals surface area contributed by atoms with Crippen LogP contribution < -0.4 is 4.90 Å². The molecule has 1 amide bonds. The Kier molecular flexibility index (Phi) is 6.15. The number of carbonyl (C=O) groups is 1. The van der Waals surface area contributed by atoms with Gasteiger partial charge in [0, 0.05) is 12.2 Å². The lowest BCUT2D eigenvalue weighted by molar-refractivity contribution is -0.116. The minimum Gasteiger partial charge on any atom is -0.312 e. The van der Waals surface area contributed by atoms with Gasteiger partial charge < -0.3 is 4.90 Å². The minimum atomic E-state index is -3.51. The third-order valence-electron chi connectivity index (χ3n) is 3.63. The van der Waals surface area contributed by atoms with Crippen molar-refractivity contribution in [1.29, 1.82) is 0 Å². The Balaban J connectivity index is 2.15. The molecule has 2 aromatic carbocycles. The highest BCUT2D eigenvalue weighted by Gasteiger charge is 2.23. The van der Waals surface area contributed by atoms with Crippen molar-refractivity contribution in [1.82, 2.24) is 0 Å². The van der Waals surface area contributed by atoms with E-state index in [1.54, 1.807) is 29.2 Å². The van der Waals surface area contributed by atoms with Crippen molar-refractivity contribution in [3.05, 3.63) is 65.7 Å². The molecule has 0 bridgehead atoms. The first-order chi connectivity index (χ1) is 11.4. The number of hydrogen-bond donors (Lipinski definition) is 0. The molecule has 0 spiro atoms. The first kappa shape index (κ1) is 18.2. The second kappa shape index (κ2) is 8.11. The van der Waals surface area contributed by atoms with Crippen molar-refractivity contribution in [2.75, 3.05) is 17.2 Å². The molecule has 0 aromatic heterocycles. The average Bonchev–Trinajstić information content (AvgIpc) is 2.52. The summed E-state index contributed by atoms with van der Waals surface area (Å²) in [5.41, 5.74) is 2.48. The van der Waals surface area contributed by atoms with Gasteiger partial charge in [-0.2, -0.15) is 0 Å². The molecule has 2 aromatic rings. The number of benzene rings is 2. The summed E-state index contributed by atoms with van der Waals surface area (Å²) < 4.78 is 24.7. The zero-order chi connectivity index (χ0) is 17.6. The van der Waals surface area contributed by atoms with Crippen molar-refractivity contribution in [3.63, 3.8) is 0 Å². The molecule has 0 saturated carbocycles. The number of aryl methyl sites for hydroxylation is 1. The number of nitrogens with zero attached hydrogens (tertiary/aromatic N) is 1. The molecule has 5 heteroatoms. The van der Waals surface area contributed by atoms with Crippen LogP contribution in [0.5, 0.6) is 0 Å². The van der Waals surface area contributed by atoms with Crippen LogP contribution >= 0.6 is 0 Å². The number of amides is 1. The first-order valence-electron chi connectivity index (χ1n) is 8.02. The van der Waals surface area contributed by atoms with Crippen molar-refractivity contribution in [2.45, 2.75) is 26.0 Å². The van der Waals surface area contributed by atoms with Crippen LogP contribution in [0, 0.1) is 6.92 Å². The summed E-state index contributed by atoms with van der Waals surface area (Å²) in [4.78, 5) is 14.2. The molecule has 0 unspecified atom stereocenters. The average molecular weight is 345 g/mol. The molecular weight excluding hydrogens is 322 g/mol. The van der Waals surface area contributed by atoms with Crippen molar-refractivity contribution in [3.8, 4) is 0 Å². The van der Waals surface area contributed by atoms with E-state index in [9.17, 15) is 13.2 Å². The van der Waals surface area contributed by atoms with Gasteiger partial charge in [-0.1, -0.05) is 49.4 Å². The van der Waals surface area contributed by atoms with E-state index in [4.69, 9.17) is 0 Å². The van der Waals surface area contributed by atoms with Gasteiger partial charge >= 0.3 is 0 Å². The molecule has 4 nitrogen and oxygen atoms in total. The van der Waals surface area contributed by atoms with Gasteiger partial charge in [0.05, 0.1) is 5.75 Å². The molecule has 0 fully saturated rings. The fourth-order valence-corrected chi connectivity index (χ4v) is 3.90. The van der Waals surface area contributed by atoms with Gasteiger partial charge in [0.1, 0.15) is 5.75 Å². The summed E-state index contributed by atoms with van der Waals surface area (Å²) in [6.07, 6.45) is 0.762. The normalized spacial score (nSPS) is 11.2. The van der Waals surface area contributed by atoms with Gasteiger partial charge in [-0.3, -0.25) is 4.79 Å². The maximum Gasteiger partial charge on any atom is 0.242 e. The monoisotopic (exact) mass is 345 g/mol. The topological polar surface area (TPSA) is 54.5 Å². The maximum atomic E-state index is 12.6. The Morgan fingerprint density at radius 2 is 1.75 bits per heavy atom. The number of carbonyl (C=O) groups excluding carboxylic acids is 1. The number of rotatable bonds is 7. The van der Waals surface area contributed by atoms with Crippen LogP contribution in [0.4, 0.5) is 5.69 Å². The standard InChI is InChI=1S/C19H23NO3S/c1-3-12-20(18-11-7-8-16(2)13-18)19(21)15-24(22,23)14-17-9-5-4-6-10-17/h4-11,13H,3,12,14-15H2,1-2H3. The first-order valence-corrected chi connectivity index (χ1v) is 9.85. The highest BCUT2D eigenvalue weighted by Crippen LogP contribution is 2.18. The van der Waals surface area contributed by atoms with Crippen LogP contribution in [0.2, 0.25) is 0 Å². The van der Waals surface area contributed by atoms with Gasteiger partial charge in [0.25, 0.3) is 0 Å². The Bertz CT molecular complexity index is 785. The molecule has 2 rings (SSSR count). The maximum absolute atomic E-state index is 12.6. The van der Waals surface area contributed by atoms with Gasteiger partial charge in [0.15, 0.2) is 9.84 Å². The third-order valence-corrected chi connectivity index (χ3v) is 5.09.